The second-order valence-electron chi connectivity index (χ2n) is 8.75. The summed E-state index contributed by atoms with van der Waals surface area (Å²) in [5.41, 5.74) is 2.07. The van der Waals surface area contributed by atoms with Crippen molar-refractivity contribution in [3.8, 4) is 0 Å². The lowest BCUT2D eigenvalue weighted by molar-refractivity contribution is 0.0815. The van der Waals surface area contributed by atoms with Gasteiger partial charge in [-0.05, 0) is 50.3 Å². The molecule has 8 heteroatoms. The van der Waals surface area contributed by atoms with Gasteiger partial charge in [0, 0.05) is 48.9 Å². The van der Waals surface area contributed by atoms with Crippen molar-refractivity contribution < 1.29 is 8.91 Å². The van der Waals surface area contributed by atoms with Gasteiger partial charge in [-0.1, -0.05) is 12.8 Å². The van der Waals surface area contributed by atoms with Gasteiger partial charge in [0.15, 0.2) is 0 Å². The van der Waals surface area contributed by atoms with Crippen LogP contribution in [-0.2, 0) is 0 Å². The summed E-state index contributed by atoms with van der Waals surface area (Å²) < 4.78 is 24.9. The zero-order valence-corrected chi connectivity index (χ0v) is 18.4. The lowest BCUT2D eigenvalue weighted by Crippen LogP contribution is -2.29. The minimum absolute atomic E-state index is 0.0983. The third-order valence-corrected chi connectivity index (χ3v) is 6.50. The highest BCUT2D eigenvalue weighted by Crippen LogP contribution is 2.35. The molecule has 2 fully saturated rings. The Hall–Kier alpha value is -3.16. The number of fused-ring (bicyclic) bond motifs is 1. The molecule has 0 atom stereocenters. The van der Waals surface area contributed by atoms with E-state index in [-0.39, 0.29) is 6.04 Å². The molecule has 1 amide bonds. The zero-order chi connectivity index (χ0) is 24.6. The van der Waals surface area contributed by atoms with Gasteiger partial charge in [-0.3, -0.25) is 4.79 Å². The van der Waals surface area contributed by atoms with Crippen molar-refractivity contribution in [3.63, 3.8) is 0 Å². The molecular formula is C24H31N7O. The van der Waals surface area contributed by atoms with E-state index in [0.717, 1.165) is 49.4 Å². The third kappa shape index (κ3) is 4.01. The van der Waals surface area contributed by atoms with Gasteiger partial charge >= 0.3 is 0 Å². The molecule has 0 unspecified atom stereocenters. The van der Waals surface area contributed by atoms with Gasteiger partial charge in [0.1, 0.15) is 17.2 Å². The first kappa shape index (κ1) is 17.4. The molecule has 32 heavy (non-hydrogen) atoms. The Morgan fingerprint density at radius 2 is 1.94 bits per heavy atom. The van der Waals surface area contributed by atoms with Gasteiger partial charge in [0.2, 0.25) is 5.95 Å². The fourth-order valence-electron chi connectivity index (χ4n) is 4.85. The molecule has 168 valence electrons. The molecule has 0 spiro atoms. The number of anilines is 3. The highest BCUT2D eigenvalue weighted by molar-refractivity contribution is 5.97. The molecule has 1 saturated carbocycles. The molecule has 1 N–H and O–H groups in total. The normalized spacial score (nSPS) is 18.9. The molecule has 0 aromatic carbocycles. The van der Waals surface area contributed by atoms with Crippen molar-refractivity contribution in [2.45, 2.75) is 51.0 Å². The van der Waals surface area contributed by atoms with Crippen LogP contribution in [0.15, 0.2) is 30.6 Å². The quantitative estimate of drug-likeness (QED) is 0.640. The van der Waals surface area contributed by atoms with E-state index in [9.17, 15) is 4.79 Å². The summed E-state index contributed by atoms with van der Waals surface area (Å²) in [5, 5.41) is 3.89. The number of nitrogens with zero attached hydrogens (tertiary/aromatic N) is 6. The molecule has 1 aliphatic heterocycles. The number of piperidine rings is 1. The van der Waals surface area contributed by atoms with Gasteiger partial charge in [-0.2, -0.15) is 4.98 Å². The smallest absolute Gasteiger partial charge is 0.270 e. The highest BCUT2D eigenvalue weighted by atomic mass is 16.2. The first-order valence-corrected chi connectivity index (χ1v) is 11.5. The van der Waals surface area contributed by atoms with Crippen molar-refractivity contribution in [3.05, 3.63) is 36.3 Å². The number of carbonyl (C=O) groups is 1. The zero-order valence-electron chi connectivity index (χ0n) is 21.4. The van der Waals surface area contributed by atoms with Crippen LogP contribution >= 0.6 is 0 Å². The monoisotopic (exact) mass is 436 g/mol. The van der Waals surface area contributed by atoms with Crippen molar-refractivity contribution in [1.29, 1.82) is 0 Å². The van der Waals surface area contributed by atoms with Crippen LogP contribution in [0.5, 0.6) is 0 Å². The minimum Gasteiger partial charge on any atom is -0.370 e. The van der Waals surface area contributed by atoms with E-state index in [1.807, 2.05) is 16.8 Å². The first-order chi connectivity index (χ1) is 16.8. The number of pyridine rings is 1. The lowest BCUT2D eigenvalue weighted by Gasteiger charge is -2.28. The summed E-state index contributed by atoms with van der Waals surface area (Å²) in [5.74, 6) is 0.484. The Kier molecular flexibility index (Phi) is 4.77. The number of carbonyl (C=O) groups excluding carboxylic acids is 1. The van der Waals surface area contributed by atoms with E-state index in [2.05, 4.69) is 26.3 Å². The van der Waals surface area contributed by atoms with E-state index in [0.29, 0.717) is 28.5 Å². The maximum absolute atomic E-state index is 13.1. The SMILES string of the molecule is [2H]C([2H])([2H])N(C)C(=O)c1cc2cnc(Nc3ccc(N4CCCCC4)cn3)nc2n1C1CCCC1. The van der Waals surface area contributed by atoms with Crippen LogP contribution in [0.1, 0.15) is 65.6 Å². The van der Waals surface area contributed by atoms with Crippen LogP contribution in [0.25, 0.3) is 11.0 Å². The maximum atomic E-state index is 13.1. The summed E-state index contributed by atoms with van der Waals surface area (Å²) >= 11 is 0. The van der Waals surface area contributed by atoms with Crippen molar-refractivity contribution in [2.75, 3.05) is 37.3 Å². The van der Waals surface area contributed by atoms with Gasteiger partial charge < -0.3 is 19.7 Å². The molecule has 1 saturated heterocycles. The number of hydrogen-bond donors (Lipinski definition) is 1. The number of nitrogens with one attached hydrogen (secondary N) is 1. The number of amides is 1. The predicted molar refractivity (Wildman–Crippen MR) is 127 cm³/mol. The van der Waals surface area contributed by atoms with Crippen LogP contribution in [0.3, 0.4) is 0 Å². The molecule has 3 aromatic heterocycles. The fraction of sp³-hybridized carbons (Fsp3) is 0.500. The highest BCUT2D eigenvalue weighted by Gasteiger charge is 2.26. The fourth-order valence-corrected chi connectivity index (χ4v) is 4.85. The number of hydrogen-bond acceptors (Lipinski definition) is 6. The largest absolute Gasteiger partial charge is 0.370 e. The van der Waals surface area contributed by atoms with Crippen LogP contribution in [0.4, 0.5) is 17.5 Å². The van der Waals surface area contributed by atoms with Crippen LogP contribution < -0.4 is 10.2 Å². The van der Waals surface area contributed by atoms with Gasteiger partial charge in [-0.25, -0.2) is 9.97 Å². The Morgan fingerprint density at radius 3 is 2.66 bits per heavy atom. The molecule has 5 rings (SSSR count). The number of rotatable bonds is 5. The average molecular weight is 437 g/mol. The molecule has 3 aromatic rings. The molecule has 2 aliphatic rings. The Balaban J connectivity index is 1.45. The summed E-state index contributed by atoms with van der Waals surface area (Å²) in [6, 6.07) is 5.78. The molecular weight excluding hydrogens is 402 g/mol. The summed E-state index contributed by atoms with van der Waals surface area (Å²) in [4.78, 5) is 30.0. The Morgan fingerprint density at radius 1 is 1.12 bits per heavy atom. The van der Waals surface area contributed by atoms with E-state index in [1.54, 1.807) is 12.3 Å². The van der Waals surface area contributed by atoms with E-state index >= 15 is 0 Å². The van der Waals surface area contributed by atoms with Gasteiger partial charge in [0.25, 0.3) is 5.91 Å². The predicted octanol–water partition coefficient (Wildman–Crippen LogP) is 4.38. The molecule has 0 bridgehead atoms. The minimum atomic E-state index is -2.52. The second kappa shape index (κ2) is 8.76. The average Bonchev–Trinajstić information content (AvgIpc) is 3.51. The van der Waals surface area contributed by atoms with Crippen LogP contribution in [0.2, 0.25) is 0 Å². The first-order valence-electron chi connectivity index (χ1n) is 13.0. The summed E-state index contributed by atoms with van der Waals surface area (Å²) in [6.07, 6.45) is 11.2. The third-order valence-electron chi connectivity index (χ3n) is 6.50. The topological polar surface area (TPSA) is 79.2 Å². The van der Waals surface area contributed by atoms with E-state index < -0.39 is 12.9 Å². The number of aromatic nitrogens is 4. The van der Waals surface area contributed by atoms with Gasteiger partial charge in [-0.15, -0.1) is 0 Å². The molecule has 1 aliphatic carbocycles. The second-order valence-corrected chi connectivity index (χ2v) is 8.75. The lowest BCUT2D eigenvalue weighted by atomic mass is 10.1. The Labute approximate surface area is 192 Å². The summed E-state index contributed by atoms with van der Waals surface area (Å²) in [6.45, 7) is -0.396. The standard InChI is InChI=1S/C24H31N7O/c1-29(2)23(32)20-14-17-15-26-24(28-22(17)31(20)18-8-4-5-9-18)27-21-11-10-19(16-25-21)30-12-6-3-7-13-30/h10-11,14-16,18H,3-9,12-13H2,1-2H3,(H,25,26,27,28)/i1D3. The maximum Gasteiger partial charge on any atom is 0.270 e. The van der Waals surface area contributed by atoms with Crippen LogP contribution in [0, 0.1) is 0 Å². The summed E-state index contributed by atoms with van der Waals surface area (Å²) in [7, 11) is 1.31. The molecule has 8 nitrogen and oxygen atoms in total. The molecule has 4 heterocycles. The molecule has 0 radical (unpaired) electrons. The van der Waals surface area contributed by atoms with Crippen LogP contribution in [-0.4, -0.2) is 57.4 Å². The van der Waals surface area contributed by atoms with E-state index in [4.69, 9.17) is 9.10 Å². The Bertz CT molecular complexity index is 1200. The van der Waals surface area contributed by atoms with Crippen molar-refractivity contribution in [2.24, 2.45) is 0 Å². The van der Waals surface area contributed by atoms with Crippen molar-refractivity contribution >= 4 is 34.4 Å². The van der Waals surface area contributed by atoms with Crippen molar-refractivity contribution in [1.82, 2.24) is 24.4 Å². The van der Waals surface area contributed by atoms with Gasteiger partial charge in [0.05, 0.1) is 11.9 Å². The van der Waals surface area contributed by atoms with E-state index in [1.165, 1.54) is 26.3 Å².